The molecule has 0 saturated heterocycles. The SMILES string of the molecule is COC[N+](CC(N)=S)(CC(F)CF)S(=O)(=O)Cc1ccccc1. The Morgan fingerprint density at radius 3 is 2.48 bits per heavy atom. The predicted molar refractivity (Wildman–Crippen MR) is 88.6 cm³/mol. The molecule has 0 aromatic heterocycles. The Hall–Kier alpha value is -1.16. The zero-order valence-electron chi connectivity index (χ0n) is 12.8. The molecule has 1 rings (SSSR count). The standard InChI is InChI=1S/C14H20F2N2O3S2/c1-21-11-18(9-14(17)22,8-13(16)7-15)23(19,20)10-12-5-3-2-4-6-12/h2-6,13H,7-11H2,1H3,(H-,17,22)/p+1. The molecule has 0 aliphatic carbocycles. The molecule has 2 N–H and O–H groups in total. The van der Waals surface area contributed by atoms with Crippen molar-refractivity contribution < 1.29 is 25.8 Å². The van der Waals surface area contributed by atoms with Crippen LogP contribution < -0.4 is 5.73 Å². The molecule has 5 nitrogen and oxygen atoms in total. The van der Waals surface area contributed by atoms with E-state index in [-0.39, 0.29) is 24.0 Å². The number of sulfonamides is 1. The molecule has 0 heterocycles. The van der Waals surface area contributed by atoms with Crippen molar-refractivity contribution in [3.63, 3.8) is 0 Å². The summed E-state index contributed by atoms with van der Waals surface area (Å²) < 4.78 is 56.2. The van der Waals surface area contributed by atoms with Crippen molar-refractivity contribution in [1.29, 1.82) is 0 Å². The van der Waals surface area contributed by atoms with E-state index in [4.69, 9.17) is 22.7 Å². The highest BCUT2D eigenvalue weighted by Gasteiger charge is 2.44. The highest BCUT2D eigenvalue weighted by Crippen LogP contribution is 2.22. The van der Waals surface area contributed by atoms with E-state index in [1.54, 1.807) is 30.3 Å². The molecule has 9 heteroatoms. The average Bonchev–Trinajstić information content (AvgIpc) is 2.47. The van der Waals surface area contributed by atoms with Gasteiger partial charge in [0.05, 0.1) is 0 Å². The Balaban J connectivity index is 3.25. The monoisotopic (exact) mass is 367 g/mol. The number of alkyl halides is 2. The van der Waals surface area contributed by atoms with Crippen molar-refractivity contribution in [2.45, 2.75) is 11.9 Å². The molecule has 0 bridgehead atoms. The van der Waals surface area contributed by atoms with Crippen LogP contribution in [-0.4, -0.2) is 57.1 Å². The summed E-state index contributed by atoms with van der Waals surface area (Å²) in [6.07, 6.45) is -1.95. The summed E-state index contributed by atoms with van der Waals surface area (Å²) in [5, 5.41) is 0. The number of hydrogen-bond acceptors (Lipinski definition) is 4. The quantitative estimate of drug-likeness (QED) is 0.386. The van der Waals surface area contributed by atoms with Crippen LogP contribution in [0.1, 0.15) is 5.56 Å². The van der Waals surface area contributed by atoms with Gasteiger partial charge in [0.15, 0.2) is 12.9 Å². The summed E-state index contributed by atoms with van der Waals surface area (Å²) in [6.45, 7) is -2.59. The lowest BCUT2D eigenvalue weighted by molar-refractivity contribution is -0.821. The first-order valence-electron chi connectivity index (χ1n) is 6.86. The van der Waals surface area contributed by atoms with Crippen LogP contribution in [0.3, 0.4) is 0 Å². The number of ether oxygens (including phenoxy) is 1. The van der Waals surface area contributed by atoms with Gasteiger partial charge in [-0.1, -0.05) is 42.5 Å². The lowest BCUT2D eigenvalue weighted by Gasteiger charge is -2.36. The van der Waals surface area contributed by atoms with E-state index in [2.05, 4.69) is 0 Å². The van der Waals surface area contributed by atoms with E-state index in [1.807, 2.05) is 0 Å². The zero-order valence-corrected chi connectivity index (χ0v) is 14.5. The van der Waals surface area contributed by atoms with Gasteiger partial charge < -0.3 is 10.5 Å². The van der Waals surface area contributed by atoms with Gasteiger partial charge >= 0.3 is 10.0 Å². The van der Waals surface area contributed by atoms with Gasteiger partial charge in [-0.15, -0.1) is 0 Å². The summed E-state index contributed by atoms with van der Waals surface area (Å²) in [6, 6.07) is 8.43. The summed E-state index contributed by atoms with van der Waals surface area (Å²) in [7, 11) is -2.68. The third kappa shape index (κ3) is 5.45. The van der Waals surface area contributed by atoms with Crippen LogP contribution in [0.2, 0.25) is 0 Å². The number of rotatable bonds is 10. The lowest BCUT2D eigenvalue weighted by atomic mass is 10.2. The van der Waals surface area contributed by atoms with Gasteiger partial charge in [0.1, 0.15) is 30.5 Å². The van der Waals surface area contributed by atoms with Crippen molar-refractivity contribution in [3.8, 4) is 0 Å². The molecular weight excluding hydrogens is 346 g/mol. The number of nitrogens with zero attached hydrogens (tertiary/aromatic N) is 1. The summed E-state index contributed by atoms with van der Waals surface area (Å²) >= 11 is 4.81. The van der Waals surface area contributed by atoms with Gasteiger partial charge in [-0.25, -0.2) is 8.78 Å². The van der Waals surface area contributed by atoms with E-state index in [0.29, 0.717) is 5.56 Å². The average molecular weight is 367 g/mol. The Morgan fingerprint density at radius 2 is 2.00 bits per heavy atom. The van der Waals surface area contributed by atoms with Crippen molar-refractivity contribution in [2.24, 2.45) is 5.73 Å². The maximum atomic E-state index is 13.7. The molecule has 0 aliphatic rings. The number of nitrogens with two attached hydrogens (primary N) is 1. The Labute approximate surface area is 140 Å². The normalized spacial score (nSPS) is 15.8. The van der Waals surface area contributed by atoms with Crippen molar-refractivity contribution in [2.75, 3.05) is 33.6 Å². The number of hydrogen-bond donors (Lipinski definition) is 1. The van der Waals surface area contributed by atoms with Crippen molar-refractivity contribution >= 4 is 27.2 Å². The fourth-order valence-corrected chi connectivity index (χ4v) is 4.51. The Morgan fingerprint density at radius 1 is 1.39 bits per heavy atom. The molecule has 0 spiro atoms. The van der Waals surface area contributed by atoms with E-state index in [0.717, 1.165) is 0 Å². The molecule has 0 radical (unpaired) electrons. The minimum atomic E-state index is -3.96. The second kappa shape index (κ2) is 8.62. The van der Waals surface area contributed by atoms with Gasteiger partial charge in [-0.2, -0.15) is 12.3 Å². The lowest BCUT2D eigenvalue weighted by Crippen LogP contribution is -2.60. The zero-order chi connectivity index (χ0) is 17.5. The molecule has 1 aromatic rings. The van der Waals surface area contributed by atoms with Crippen LogP contribution in [0.15, 0.2) is 30.3 Å². The maximum Gasteiger partial charge on any atom is 0.303 e. The Bertz CT molecular complexity index is 614. The fourth-order valence-electron chi connectivity index (χ4n) is 2.31. The number of quaternary nitrogens is 1. The summed E-state index contributed by atoms with van der Waals surface area (Å²) in [5.41, 5.74) is 6.03. The van der Waals surface area contributed by atoms with E-state index in [1.165, 1.54) is 7.11 Å². The largest absolute Gasteiger partial charge is 0.389 e. The number of methoxy groups -OCH3 is 1. The van der Waals surface area contributed by atoms with Gasteiger partial charge in [-0.05, 0) is 5.56 Å². The van der Waals surface area contributed by atoms with Gasteiger partial charge in [0.2, 0.25) is 0 Å². The van der Waals surface area contributed by atoms with E-state index in [9.17, 15) is 17.2 Å². The Kier molecular flexibility index (Phi) is 7.46. The van der Waals surface area contributed by atoms with Crippen LogP contribution in [-0.2, 0) is 20.5 Å². The first kappa shape index (κ1) is 19.9. The van der Waals surface area contributed by atoms with E-state index < -0.39 is 33.3 Å². The molecular formula is C14H21F2N2O3S2+. The maximum absolute atomic E-state index is 13.7. The topological polar surface area (TPSA) is 69.4 Å². The minimum Gasteiger partial charge on any atom is -0.389 e. The van der Waals surface area contributed by atoms with Crippen LogP contribution in [0.5, 0.6) is 0 Å². The molecule has 2 unspecified atom stereocenters. The molecule has 1 aromatic carbocycles. The predicted octanol–water partition coefficient (Wildman–Crippen LogP) is 1.53. The first-order valence-corrected chi connectivity index (χ1v) is 8.88. The molecule has 0 aliphatic heterocycles. The smallest absolute Gasteiger partial charge is 0.303 e. The summed E-state index contributed by atoms with van der Waals surface area (Å²) in [4.78, 5) is -0.107. The van der Waals surface area contributed by atoms with Crippen LogP contribution in [0, 0.1) is 0 Å². The van der Waals surface area contributed by atoms with Gasteiger partial charge in [0.25, 0.3) is 0 Å². The molecule has 0 amide bonds. The third-order valence-corrected chi connectivity index (χ3v) is 5.68. The number of benzene rings is 1. The minimum absolute atomic E-state index is 0.107. The highest BCUT2D eigenvalue weighted by atomic mass is 32.2. The third-order valence-electron chi connectivity index (χ3n) is 3.29. The van der Waals surface area contributed by atoms with Crippen LogP contribution in [0.25, 0.3) is 0 Å². The van der Waals surface area contributed by atoms with Crippen molar-refractivity contribution in [3.05, 3.63) is 35.9 Å². The number of halogens is 2. The second-order valence-corrected chi connectivity index (χ2v) is 8.00. The molecule has 130 valence electrons. The molecule has 0 saturated carbocycles. The molecule has 2 atom stereocenters. The van der Waals surface area contributed by atoms with Gasteiger partial charge in [-0.3, -0.25) is 0 Å². The molecule has 23 heavy (non-hydrogen) atoms. The summed E-state index contributed by atoms with van der Waals surface area (Å²) in [5.74, 6) is -0.348. The first-order chi connectivity index (χ1) is 10.8. The van der Waals surface area contributed by atoms with E-state index >= 15 is 0 Å². The van der Waals surface area contributed by atoms with Crippen LogP contribution >= 0.6 is 12.2 Å². The number of thiocarbonyl (C=S) groups is 1. The highest BCUT2D eigenvalue weighted by molar-refractivity contribution is 7.85. The fraction of sp³-hybridized carbons (Fsp3) is 0.500. The van der Waals surface area contributed by atoms with Crippen molar-refractivity contribution in [1.82, 2.24) is 0 Å². The van der Waals surface area contributed by atoms with Crippen LogP contribution in [0.4, 0.5) is 8.78 Å². The molecule has 0 fully saturated rings. The van der Waals surface area contributed by atoms with Gasteiger partial charge in [0, 0.05) is 7.11 Å². The second-order valence-electron chi connectivity index (χ2n) is 5.25.